The molecule has 0 rings (SSSR count). The summed E-state index contributed by atoms with van der Waals surface area (Å²) in [6, 6.07) is 0. The molecule has 2 amide bonds. The van der Waals surface area contributed by atoms with E-state index in [-0.39, 0.29) is 0 Å². The van der Waals surface area contributed by atoms with Crippen LogP contribution in [-0.2, 0) is 9.59 Å². The molecule has 4 nitrogen and oxygen atoms in total. The Labute approximate surface area is 195 Å². The summed E-state index contributed by atoms with van der Waals surface area (Å²) >= 11 is 2.94. The zero-order valence-corrected chi connectivity index (χ0v) is 21.9. The van der Waals surface area contributed by atoms with Crippen LogP contribution in [0.4, 0.5) is 0 Å². The van der Waals surface area contributed by atoms with Crippen LogP contribution >= 0.6 is 23.9 Å². The summed E-state index contributed by atoms with van der Waals surface area (Å²) in [5.74, 6) is 0.982. The number of likely N-dealkylation sites (N-methyl/N-ethyl adjacent to an activating group) is 2. The fourth-order valence-electron chi connectivity index (χ4n) is 3.26. The number of carbonyl (C=O) groups excluding carboxylic acids is 2. The van der Waals surface area contributed by atoms with Gasteiger partial charge >= 0.3 is 11.8 Å². The first-order valence-corrected chi connectivity index (χ1v) is 14.2. The fourth-order valence-corrected chi connectivity index (χ4v) is 4.87. The average molecular weight is 461 g/mol. The molecule has 0 aromatic rings. The van der Waals surface area contributed by atoms with Crippen LogP contribution in [0.3, 0.4) is 0 Å². The minimum absolute atomic E-state index is 0.412. The highest BCUT2D eigenvalue weighted by Gasteiger charge is 2.23. The van der Waals surface area contributed by atoms with Crippen LogP contribution in [0.15, 0.2) is 0 Å². The number of rotatable bonds is 20. The fraction of sp³-hybridized carbons (Fsp3) is 0.917. The minimum atomic E-state index is -0.412. The van der Waals surface area contributed by atoms with Crippen LogP contribution in [-0.4, -0.2) is 46.0 Å². The molecule has 178 valence electrons. The van der Waals surface area contributed by atoms with Gasteiger partial charge in [0.25, 0.3) is 0 Å². The molecule has 0 aliphatic heterocycles. The van der Waals surface area contributed by atoms with E-state index in [2.05, 4.69) is 13.8 Å². The highest BCUT2D eigenvalue weighted by Crippen LogP contribution is 2.17. The molecule has 0 heterocycles. The molecule has 0 unspecified atom stereocenters. The lowest BCUT2D eigenvalue weighted by molar-refractivity contribution is -0.144. The van der Waals surface area contributed by atoms with E-state index in [0.717, 1.165) is 24.3 Å². The minimum Gasteiger partial charge on any atom is -0.281 e. The molecule has 0 aliphatic rings. The van der Waals surface area contributed by atoms with E-state index in [0.29, 0.717) is 0 Å². The van der Waals surface area contributed by atoms with Gasteiger partial charge in [0.05, 0.1) is 0 Å². The maximum Gasteiger partial charge on any atom is 0.322 e. The monoisotopic (exact) mass is 460 g/mol. The Morgan fingerprint density at radius 3 is 1.07 bits per heavy atom. The quantitative estimate of drug-likeness (QED) is 0.107. The maximum absolute atomic E-state index is 12.3. The predicted molar refractivity (Wildman–Crippen MR) is 136 cm³/mol. The van der Waals surface area contributed by atoms with Gasteiger partial charge in [-0.1, -0.05) is 104 Å². The second kappa shape index (κ2) is 21.9. The molecular weight excluding hydrogens is 412 g/mol. The molecule has 0 aromatic heterocycles. The van der Waals surface area contributed by atoms with Crippen LogP contribution in [0.25, 0.3) is 0 Å². The van der Waals surface area contributed by atoms with Gasteiger partial charge in [-0.2, -0.15) is 0 Å². The topological polar surface area (TPSA) is 40.6 Å². The smallest absolute Gasteiger partial charge is 0.281 e. The zero-order valence-electron chi connectivity index (χ0n) is 20.3. The lowest BCUT2D eigenvalue weighted by Gasteiger charge is -2.19. The van der Waals surface area contributed by atoms with E-state index < -0.39 is 11.8 Å². The van der Waals surface area contributed by atoms with E-state index in [1.165, 1.54) is 122 Å². The van der Waals surface area contributed by atoms with Crippen molar-refractivity contribution in [1.29, 1.82) is 0 Å². The molecule has 0 saturated carbocycles. The van der Waals surface area contributed by atoms with E-state index in [4.69, 9.17) is 0 Å². The van der Waals surface area contributed by atoms with Crippen molar-refractivity contribution in [2.75, 3.05) is 25.6 Å². The van der Waals surface area contributed by atoms with Crippen molar-refractivity contribution in [1.82, 2.24) is 8.61 Å². The largest absolute Gasteiger partial charge is 0.322 e. The van der Waals surface area contributed by atoms with Crippen LogP contribution in [0.2, 0.25) is 0 Å². The second-order valence-electron chi connectivity index (χ2n) is 8.22. The molecular formula is C24H48N2O2S2. The van der Waals surface area contributed by atoms with Gasteiger partial charge < -0.3 is 0 Å². The third kappa shape index (κ3) is 17.3. The van der Waals surface area contributed by atoms with Gasteiger partial charge in [-0.05, 0) is 36.7 Å². The molecule has 0 atom stereocenters. The standard InChI is InChI=1S/C24H48N2O2S2/c1-5-7-9-11-13-15-17-19-21-29-25(3)23(27)24(28)26(4)30-22-20-18-16-14-12-10-8-6-2/h5-22H2,1-4H3. The van der Waals surface area contributed by atoms with Gasteiger partial charge in [0.1, 0.15) is 0 Å². The Balaban J connectivity index is 3.69. The molecule has 0 aliphatic carbocycles. The van der Waals surface area contributed by atoms with Crippen molar-refractivity contribution in [3.63, 3.8) is 0 Å². The first-order chi connectivity index (χ1) is 14.5. The molecule has 6 heteroatoms. The molecule has 0 saturated heterocycles. The third-order valence-corrected chi connectivity index (χ3v) is 7.37. The van der Waals surface area contributed by atoms with E-state index in [9.17, 15) is 9.59 Å². The predicted octanol–water partition coefficient (Wildman–Crippen LogP) is 7.48. The highest BCUT2D eigenvalue weighted by atomic mass is 32.2. The number of nitrogens with zero attached hydrogens (tertiary/aromatic N) is 2. The Kier molecular flexibility index (Phi) is 21.6. The average Bonchev–Trinajstić information content (AvgIpc) is 2.75. The summed E-state index contributed by atoms with van der Waals surface area (Å²) in [5, 5.41) is 0. The van der Waals surface area contributed by atoms with Crippen molar-refractivity contribution in [2.24, 2.45) is 0 Å². The van der Waals surface area contributed by atoms with E-state index in [1.807, 2.05) is 0 Å². The summed E-state index contributed by atoms with van der Waals surface area (Å²) in [6.45, 7) is 4.49. The molecule has 0 N–H and O–H groups in total. The lowest BCUT2D eigenvalue weighted by Crippen LogP contribution is -2.36. The first-order valence-electron chi connectivity index (χ1n) is 12.4. The van der Waals surface area contributed by atoms with Crippen molar-refractivity contribution < 1.29 is 9.59 Å². The third-order valence-electron chi connectivity index (χ3n) is 5.32. The van der Waals surface area contributed by atoms with Crippen molar-refractivity contribution in [3.05, 3.63) is 0 Å². The van der Waals surface area contributed by atoms with Gasteiger partial charge in [0.15, 0.2) is 0 Å². The summed E-state index contributed by atoms with van der Waals surface area (Å²) in [4.78, 5) is 24.6. The number of hydrogen-bond acceptors (Lipinski definition) is 4. The van der Waals surface area contributed by atoms with Crippen molar-refractivity contribution >= 4 is 35.7 Å². The van der Waals surface area contributed by atoms with Crippen LogP contribution in [0, 0.1) is 0 Å². The number of unbranched alkanes of at least 4 members (excludes halogenated alkanes) is 14. The SMILES string of the molecule is CCCCCCCCCCSN(C)C(=O)C(=O)N(C)SCCCCCCCCCC. The van der Waals surface area contributed by atoms with Crippen LogP contribution in [0.1, 0.15) is 117 Å². The summed E-state index contributed by atoms with van der Waals surface area (Å²) in [7, 11) is 3.43. The maximum atomic E-state index is 12.3. The Bertz CT molecular complexity index is 384. The van der Waals surface area contributed by atoms with Crippen LogP contribution < -0.4 is 0 Å². The molecule has 0 fully saturated rings. The first kappa shape index (κ1) is 29.6. The Hall–Kier alpha value is -0.360. The summed E-state index contributed by atoms with van der Waals surface area (Å²) < 4.78 is 3.02. The van der Waals surface area contributed by atoms with Gasteiger partial charge in [-0.25, -0.2) is 0 Å². The van der Waals surface area contributed by atoms with Crippen molar-refractivity contribution in [3.8, 4) is 0 Å². The van der Waals surface area contributed by atoms with E-state index in [1.54, 1.807) is 14.1 Å². The Morgan fingerprint density at radius 2 is 0.767 bits per heavy atom. The molecule has 0 spiro atoms. The molecule has 30 heavy (non-hydrogen) atoms. The second-order valence-corrected chi connectivity index (χ2v) is 10.6. The normalized spacial score (nSPS) is 10.9. The summed E-state index contributed by atoms with van der Waals surface area (Å²) in [6.07, 6.45) is 20.5. The van der Waals surface area contributed by atoms with Crippen molar-refractivity contribution in [2.45, 2.75) is 117 Å². The number of amides is 2. The van der Waals surface area contributed by atoms with Crippen LogP contribution in [0.5, 0.6) is 0 Å². The van der Waals surface area contributed by atoms with Gasteiger partial charge in [0.2, 0.25) is 0 Å². The van der Waals surface area contributed by atoms with E-state index >= 15 is 0 Å². The summed E-state index contributed by atoms with van der Waals surface area (Å²) in [5.41, 5.74) is 0. The highest BCUT2D eigenvalue weighted by molar-refractivity contribution is 7.98. The van der Waals surface area contributed by atoms with Gasteiger partial charge in [-0.3, -0.25) is 18.2 Å². The Morgan fingerprint density at radius 1 is 0.500 bits per heavy atom. The zero-order chi connectivity index (χ0) is 22.5. The number of hydrogen-bond donors (Lipinski definition) is 0. The molecule has 0 bridgehead atoms. The van der Waals surface area contributed by atoms with Gasteiger partial charge in [0, 0.05) is 25.6 Å². The number of carbonyl (C=O) groups is 2. The van der Waals surface area contributed by atoms with Gasteiger partial charge in [-0.15, -0.1) is 0 Å². The lowest BCUT2D eigenvalue weighted by atomic mass is 10.1. The molecule has 0 radical (unpaired) electrons. The molecule has 0 aromatic carbocycles.